The van der Waals surface area contributed by atoms with Crippen LogP contribution in [-0.4, -0.2) is 43.3 Å². The number of nitro groups is 1. The van der Waals surface area contributed by atoms with E-state index in [0.29, 0.717) is 12.3 Å². The third kappa shape index (κ3) is 5.96. The number of nitrogens with one attached hydrogen (secondary N) is 1. The number of sulfonamides is 1. The van der Waals surface area contributed by atoms with Crippen LogP contribution in [0.4, 0.5) is 5.69 Å². The summed E-state index contributed by atoms with van der Waals surface area (Å²) in [5, 5.41) is 18.9. The van der Waals surface area contributed by atoms with Crippen LogP contribution in [0.2, 0.25) is 0 Å². The molecule has 0 saturated heterocycles. The quantitative estimate of drug-likeness (QED) is 0.287. The summed E-state index contributed by atoms with van der Waals surface area (Å²) >= 11 is 0. The molecule has 31 heavy (non-hydrogen) atoms. The molecule has 162 valence electrons. The van der Waals surface area contributed by atoms with Gasteiger partial charge in [0.15, 0.2) is 0 Å². The molecule has 0 saturated carbocycles. The molecule has 10 nitrogen and oxygen atoms in total. The Morgan fingerprint density at radius 1 is 1.03 bits per heavy atom. The van der Waals surface area contributed by atoms with Crippen LogP contribution in [0.15, 0.2) is 65.6 Å². The Morgan fingerprint density at radius 3 is 2.45 bits per heavy atom. The van der Waals surface area contributed by atoms with Gasteiger partial charge in [0, 0.05) is 30.3 Å². The second-order valence-electron chi connectivity index (χ2n) is 6.21. The maximum atomic E-state index is 12.3. The summed E-state index contributed by atoms with van der Waals surface area (Å²) in [7, 11) is -3.90. The number of hydrogen-bond acceptors (Lipinski definition) is 8. The number of hydrogen-bond donors (Lipinski definition) is 1. The summed E-state index contributed by atoms with van der Waals surface area (Å²) in [5.74, 6) is 1.01. The summed E-state index contributed by atoms with van der Waals surface area (Å²) in [5.41, 5.74) is 1.22. The van der Waals surface area contributed by atoms with Gasteiger partial charge in [-0.3, -0.25) is 10.1 Å². The predicted molar refractivity (Wildman–Crippen MR) is 112 cm³/mol. The number of aromatic nitrogens is 2. The first-order valence-electron chi connectivity index (χ1n) is 9.33. The van der Waals surface area contributed by atoms with Crippen molar-refractivity contribution < 1.29 is 22.8 Å². The lowest BCUT2D eigenvalue weighted by Gasteiger charge is -2.08. The predicted octanol–water partition coefficient (Wildman–Crippen LogP) is 2.81. The Morgan fingerprint density at radius 2 is 1.81 bits per heavy atom. The van der Waals surface area contributed by atoms with Gasteiger partial charge in [-0.15, -0.1) is 10.2 Å². The highest BCUT2D eigenvalue weighted by molar-refractivity contribution is 7.89. The molecule has 0 spiro atoms. The lowest BCUT2D eigenvalue weighted by molar-refractivity contribution is -0.385. The number of nitro benzene ring substituents is 1. The van der Waals surface area contributed by atoms with Gasteiger partial charge in [0.2, 0.25) is 15.9 Å². The number of benzene rings is 2. The Labute approximate surface area is 179 Å². The average molecular weight is 444 g/mol. The van der Waals surface area contributed by atoms with Gasteiger partial charge >= 0.3 is 0 Å². The molecule has 0 aliphatic carbocycles. The summed E-state index contributed by atoms with van der Waals surface area (Å²) < 4.78 is 37.7. The topological polar surface area (TPSA) is 134 Å². The van der Waals surface area contributed by atoms with Gasteiger partial charge in [0.25, 0.3) is 5.69 Å². The van der Waals surface area contributed by atoms with Gasteiger partial charge in [0.1, 0.15) is 12.4 Å². The van der Waals surface area contributed by atoms with Gasteiger partial charge in [-0.2, -0.15) is 0 Å². The van der Waals surface area contributed by atoms with E-state index in [1.165, 1.54) is 18.2 Å². The molecule has 3 aromatic rings. The van der Waals surface area contributed by atoms with Crippen LogP contribution in [0, 0.1) is 10.1 Å². The molecule has 1 heterocycles. The highest BCUT2D eigenvalue weighted by atomic mass is 32.2. The fourth-order valence-corrected chi connectivity index (χ4v) is 3.67. The molecule has 0 fully saturated rings. The minimum atomic E-state index is -3.90. The van der Waals surface area contributed by atoms with E-state index in [9.17, 15) is 18.5 Å². The molecule has 0 atom stereocenters. The van der Waals surface area contributed by atoms with Crippen molar-refractivity contribution in [2.75, 3.05) is 19.8 Å². The van der Waals surface area contributed by atoms with Crippen LogP contribution in [0.3, 0.4) is 0 Å². The molecule has 0 amide bonds. The molecule has 2 aromatic carbocycles. The molecule has 11 heteroatoms. The second kappa shape index (κ2) is 9.96. The second-order valence-corrected chi connectivity index (χ2v) is 7.98. The molecule has 1 aromatic heterocycles. The van der Waals surface area contributed by atoms with Gasteiger partial charge in [-0.1, -0.05) is 6.07 Å². The maximum Gasteiger partial charge on any atom is 0.270 e. The fourth-order valence-electron chi connectivity index (χ4n) is 2.62. The van der Waals surface area contributed by atoms with Crippen molar-refractivity contribution in [2.45, 2.75) is 11.8 Å². The lowest BCUT2D eigenvalue weighted by Crippen LogP contribution is -2.28. The molecule has 0 unspecified atom stereocenters. The normalized spacial score (nSPS) is 11.1. The van der Waals surface area contributed by atoms with E-state index >= 15 is 0 Å². The van der Waals surface area contributed by atoms with Crippen molar-refractivity contribution in [3.05, 3.63) is 70.8 Å². The molecular formula is C20H20N4O6S. The summed E-state index contributed by atoms with van der Waals surface area (Å²) in [4.78, 5) is 9.96. The van der Waals surface area contributed by atoms with Crippen LogP contribution >= 0.6 is 0 Å². The summed E-state index contributed by atoms with van der Waals surface area (Å²) in [6.45, 7) is 2.46. The van der Waals surface area contributed by atoms with Gasteiger partial charge < -0.3 is 9.47 Å². The van der Waals surface area contributed by atoms with Crippen molar-refractivity contribution in [3.8, 4) is 22.9 Å². The molecule has 0 radical (unpaired) electrons. The minimum absolute atomic E-state index is 0.00520. The molecular weight excluding hydrogens is 424 g/mol. The van der Waals surface area contributed by atoms with E-state index < -0.39 is 14.9 Å². The molecule has 0 aliphatic rings. The Hall–Kier alpha value is -3.57. The first-order chi connectivity index (χ1) is 14.9. The Bertz CT molecular complexity index is 1140. The zero-order valence-electron chi connectivity index (χ0n) is 16.6. The van der Waals surface area contributed by atoms with Crippen LogP contribution < -0.4 is 14.2 Å². The monoisotopic (exact) mass is 444 g/mol. The van der Waals surface area contributed by atoms with Crippen LogP contribution in [0.5, 0.6) is 11.6 Å². The van der Waals surface area contributed by atoms with Gasteiger partial charge in [-0.05, 0) is 43.3 Å². The highest BCUT2D eigenvalue weighted by Gasteiger charge is 2.17. The van der Waals surface area contributed by atoms with Crippen LogP contribution in [0.1, 0.15) is 6.92 Å². The largest absolute Gasteiger partial charge is 0.494 e. The Balaban J connectivity index is 1.52. The average Bonchev–Trinajstić information content (AvgIpc) is 2.78. The van der Waals surface area contributed by atoms with Crippen molar-refractivity contribution >= 4 is 15.7 Å². The van der Waals surface area contributed by atoms with E-state index in [2.05, 4.69) is 14.9 Å². The number of rotatable bonds is 10. The van der Waals surface area contributed by atoms with Crippen molar-refractivity contribution in [1.82, 2.24) is 14.9 Å². The van der Waals surface area contributed by atoms with Crippen molar-refractivity contribution in [1.29, 1.82) is 0 Å². The van der Waals surface area contributed by atoms with E-state index in [1.807, 2.05) is 31.2 Å². The third-order valence-electron chi connectivity index (χ3n) is 4.08. The summed E-state index contributed by atoms with van der Waals surface area (Å²) in [6, 6.07) is 15.6. The third-order valence-corrected chi connectivity index (χ3v) is 5.54. The fraction of sp³-hybridized carbons (Fsp3) is 0.200. The molecule has 1 N–H and O–H groups in total. The van der Waals surface area contributed by atoms with E-state index in [0.717, 1.165) is 17.4 Å². The lowest BCUT2D eigenvalue weighted by atomic mass is 10.1. The van der Waals surface area contributed by atoms with Crippen LogP contribution in [-0.2, 0) is 10.0 Å². The van der Waals surface area contributed by atoms with Gasteiger partial charge in [0.05, 0.1) is 22.1 Å². The number of nitrogens with zero attached hydrogens (tertiary/aromatic N) is 3. The molecule has 3 rings (SSSR count). The van der Waals surface area contributed by atoms with Crippen molar-refractivity contribution in [3.63, 3.8) is 0 Å². The first-order valence-corrected chi connectivity index (χ1v) is 10.8. The summed E-state index contributed by atoms with van der Waals surface area (Å²) in [6.07, 6.45) is 0. The maximum absolute atomic E-state index is 12.3. The standard InChI is InChI=1S/C20H20N4O6S/c1-2-29-17-8-6-15(7-9-17)19-10-11-20(23-22-19)30-13-12-21-31(27,28)18-5-3-4-16(14-18)24(25)26/h3-11,14,21H,2,12-13H2,1H3. The van der Waals surface area contributed by atoms with Crippen molar-refractivity contribution in [2.24, 2.45) is 0 Å². The zero-order chi connectivity index (χ0) is 22.3. The molecule has 0 bridgehead atoms. The van der Waals surface area contributed by atoms with Gasteiger partial charge in [-0.25, -0.2) is 13.1 Å². The highest BCUT2D eigenvalue weighted by Crippen LogP contribution is 2.21. The number of ether oxygens (including phenoxy) is 2. The van der Waals surface area contributed by atoms with E-state index in [4.69, 9.17) is 9.47 Å². The molecule has 0 aliphatic heterocycles. The zero-order valence-corrected chi connectivity index (χ0v) is 17.4. The number of non-ortho nitro benzene ring substituents is 1. The smallest absolute Gasteiger partial charge is 0.270 e. The first kappa shape index (κ1) is 22.1. The van der Waals surface area contributed by atoms with E-state index in [1.54, 1.807) is 12.1 Å². The Kier molecular flexibility index (Phi) is 7.11. The SMILES string of the molecule is CCOc1ccc(-c2ccc(OCCNS(=O)(=O)c3cccc([N+](=O)[O-])c3)nn2)cc1. The van der Waals surface area contributed by atoms with E-state index in [-0.39, 0.29) is 29.6 Å². The van der Waals surface area contributed by atoms with Crippen LogP contribution in [0.25, 0.3) is 11.3 Å². The minimum Gasteiger partial charge on any atom is -0.494 e.